The molecule has 8 heteroatoms. The molecule has 6 nitrogen and oxygen atoms in total. The Morgan fingerprint density at radius 3 is 2.86 bits per heavy atom. The predicted molar refractivity (Wildman–Crippen MR) is 69.4 cm³/mol. The van der Waals surface area contributed by atoms with E-state index in [-0.39, 0.29) is 23.6 Å². The summed E-state index contributed by atoms with van der Waals surface area (Å²) in [5.74, 6) is -1.19. The molecule has 0 unspecified atom stereocenters. The Hall–Kier alpha value is -2.77. The summed E-state index contributed by atoms with van der Waals surface area (Å²) in [6.07, 6.45) is 2.39. The largest absolute Gasteiger partial charge is 0.478 e. The smallest absolute Gasteiger partial charge is 0.387 e. The molecule has 0 saturated carbocycles. The van der Waals surface area contributed by atoms with Gasteiger partial charge in [-0.1, -0.05) is 12.1 Å². The molecule has 0 aliphatic rings. The maximum absolute atomic E-state index is 12.3. The number of benzene rings is 1. The quantitative estimate of drug-likeness (QED) is 0.851. The number of rotatable bonds is 6. The number of hydrogen-bond acceptors (Lipinski definition) is 5. The van der Waals surface area contributed by atoms with Crippen molar-refractivity contribution < 1.29 is 23.4 Å². The zero-order valence-electron chi connectivity index (χ0n) is 10.7. The Kier molecular flexibility index (Phi) is 4.60. The summed E-state index contributed by atoms with van der Waals surface area (Å²) >= 11 is 0. The van der Waals surface area contributed by atoms with Gasteiger partial charge in [0.1, 0.15) is 17.6 Å². The molecule has 0 aliphatic carbocycles. The van der Waals surface area contributed by atoms with Gasteiger partial charge in [0.05, 0.1) is 17.9 Å². The molecule has 1 heterocycles. The Bertz CT molecular complexity index is 638. The van der Waals surface area contributed by atoms with E-state index in [1.165, 1.54) is 18.6 Å². The van der Waals surface area contributed by atoms with E-state index in [1.807, 2.05) is 0 Å². The minimum atomic E-state index is -2.94. The summed E-state index contributed by atoms with van der Waals surface area (Å²) < 4.78 is 28.9. The van der Waals surface area contributed by atoms with Gasteiger partial charge in [-0.2, -0.15) is 8.78 Å². The molecular formula is C13H11F2N3O3. The highest BCUT2D eigenvalue weighted by molar-refractivity contribution is 5.88. The van der Waals surface area contributed by atoms with Crippen LogP contribution < -0.4 is 10.1 Å². The number of nitrogens with one attached hydrogen (secondary N) is 1. The summed E-state index contributed by atoms with van der Waals surface area (Å²) in [5.41, 5.74) is 0.495. The van der Waals surface area contributed by atoms with Gasteiger partial charge in [0.15, 0.2) is 0 Å². The minimum Gasteiger partial charge on any atom is -0.478 e. The van der Waals surface area contributed by atoms with Gasteiger partial charge in [0, 0.05) is 6.20 Å². The van der Waals surface area contributed by atoms with Crippen LogP contribution in [0.1, 0.15) is 16.1 Å². The monoisotopic (exact) mass is 295 g/mol. The Labute approximate surface area is 118 Å². The Morgan fingerprint density at radius 1 is 1.38 bits per heavy atom. The van der Waals surface area contributed by atoms with Gasteiger partial charge in [-0.3, -0.25) is 0 Å². The fourth-order valence-electron chi connectivity index (χ4n) is 1.66. The first-order chi connectivity index (χ1) is 10.1. The molecule has 21 heavy (non-hydrogen) atoms. The number of anilines is 1. The average molecular weight is 295 g/mol. The molecule has 0 amide bonds. The Morgan fingerprint density at radius 2 is 2.14 bits per heavy atom. The van der Waals surface area contributed by atoms with Gasteiger partial charge in [-0.15, -0.1) is 0 Å². The third kappa shape index (κ3) is 3.85. The predicted octanol–water partition coefficient (Wildman–Crippen LogP) is 2.39. The standard InChI is InChI=1S/C13H11F2N3O3/c14-13(15)21-11-4-2-1-3-9(11)17-6-10-8(12(19)20)5-16-7-18-10/h1-5,7,13,17H,6H2,(H,19,20). The lowest BCUT2D eigenvalue weighted by Gasteiger charge is -2.12. The van der Waals surface area contributed by atoms with Crippen molar-refractivity contribution in [3.63, 3.8) is 0 Å². The molecule has 0 atom stereocenters. The lowest BCUT2D eigenvalue weighted by molar-refractivity contribution is -0.0493. The number of ether oxygens (including phenoxy) is 1. The van der Waals surface area contributed by atoms with Gasteiger partial charge in [0.25, 0.3) is 0 Å². The number of carboxylic acids is 1. The number of carbonyl (C=O) groups is 1. The second-order valence-corrected chi connectivity index (χ2v) is 3.92. The third-order valence-electron chi connectivity index (χ3n) is 2.57. The van der Waals surface area contributed by atoms with Crippen LogP contribution in [0.5, 0.6) is 5.75 Å². The molecule has 2 rings (SSSR count). The molecule has 1 aromatic heterocycles. The number of aromatic carboxylic acids is 1. The van der Waals surface area contributed by atoms with Crippen molar-refractivity contribution in [2.75, 3.05) is 5.32 Å². The van der Waals surface area contributed by atoms with Crippen molar-refractivity contribution in [2.24, 2.45) is 0 Å². The first kappa shape index (κ1) is 14.6. The van der Waals surface area contributed by atoms with Crippen molar-refractivity contribution in [1.82, 2.24) is 9.97 Å². The van der Waals surface area contributed by atoms with Crippen molar-refractivity contribution in [3.8, 4) is 5.75 Å². The van der Waals surface area contributed by atoms with Crippen LogP contribution >= 0.6 is 0 Å². The second-order valence-electron chi connectivity index (χ2n) is 3.92. The summed E-state index contributed by atoms with van der Waals surface area (Å²) in [6, 6.07) is 6.11. The highest BCUT2D eigenvalue weighted by Crippen LogP contribution is 2.26. The highest BCUT2D eigenvalue weighted by Gasteiger charge is 2.13. The highest BCUT2D eigenvalue weighted by atomic mass is 19.3. The number of alkyl halides is 2. The molecule has 0 spiro atoms. The van der Waals surface area contributed by atoms with E-state index in [2.05, 4.69) is 20.0 Å². The zero-order valence-corrected chi connectivity index (χ0v) is 10.7. The summed E-state index contributed by atoms with van der Waals surface area (Å²) in [6.45, 7) is -2.91. The van der Waals surface area contributed by atoms with Crippen LogP contribution in [0, 0.1) is 0 Å². The second kappa shape index (κ2) is 6.60. The number of aromatic nitrogens is 2. The maximum Gasteiger partial charge on any atom is 0.387 e. The fourth-order valence-corrected chi connectivity index (χ4v) is 1.66. The molecule has 0 bridgehead atoms. The summed E-state index contributed by atoms with van der Waals surface area (Å²) in [5, 5.41) is 11.8. The van der Waals surface area contributed by atoms with Crippen molar-refractivity contribution in [3.05, 3.63) is 48.0 Å². The van der Waals surface area contributed by atoms with Gasteiger partial charge in [-0.05, 0) is 12.1 Å². The molecule has 0 radical (unpaired) electrons. The first-order valence-electron chi connectivity index (χ1n) is 5.88. The van der Waals surface area contributed by atoms with Gasteiger partial charge in [0.2, 0.25) is 0 Å². The van der Waals surface area contributed by atoms with E-state index >= 15 is 0 Å². The maximum atomic E-state index is 12.3. The van der Waals surface area contributed by atoms with Crippen LogP contribution in [0.4, 0.5) is 14.5 Å². The molecule has 110 valence electrons. The van der Waals surface area contributed by atoms with Crippen LogP contribution in [-0.4, -0.2) is 27.7 Å². The van der Waals surface area contributed by atoms with Crippen LogP contribution in [0.3, 0.4) is 0 Å². The van der Waals surface area contributed by atoms with Crippen LogP contribution in [0.15, 0.2) is 36.8 Å². The molecule has 2 N–H and O–H groups in total. The fraction of sp³-hybridized carbons (Fsp3) is 0.154. The number of carboxylic acid groups (broad SMARTS) is 1. The van der Waals surface area contributed by atoms with E-state index in [0.29, 0.717) is 5.69 Å². The van der Waals surface area contributed by atoms with Gasteiger partial charge >= 0.3 is 12.6 Å². The molecule has 0 saturated heterocycles. The summed E-state index contributed by atoms with van der Waals surface area (Å²) in [4.78, 5) is 18.5. The number of nitrogens with zero attached hydrogens (tertiary/aromatic N) is 2. The van der Waals surface area contributed by atoms with Crippen LogP contribution in [-0.2, 0) is 6.54 Å². The van der Waals surface area contributed by atoms with Crippen LogP contribution in [0.25, 0.3) is 0 Å². The van der Waals surface area contributed by atoms with E-state index < -0.39 is 12.6 Å². The van der Waals surface area contributed by atoms with E-state index in [0.717, 1.165) is 0 Å². The van der Waals surface area contributed by atoms with E-state index in [1.54, 1.807) is 18.2 Å². The average Bonchev–Trinajstić information content (AvgIpc) is 2.46. The van der Waals surface area contributed by atoms with E-state index in [4.69, 9.17) is 5.11 Å². The van der Waals surface area contributed by atoms with Gasteiger partial charge in [-0.25, -0.2) is 14.8 Å². The number of halogens is 2. The van der Waals surface area contributed by atoms with Crippen molar-refractivity contribution >= 4 is 11.7 Å². The van der Waals surface area contributed by atoms with Crippen LogP contribution in [0.2, 0.25) is 0 Å². The number of para-hydroxylation sites is 2. The summed E-state index contributed by atoms with van der Waals surface area (Å²) in [7, 11) is 0. The lowest BCUT2D eigenvalue weighted by atomic mass is 10.2. The molecular weight excluding hydrogens is 284 g/mol. The molecule has 2 aromatic rings. The SMILES string of the molecule is O=C(O)c1cncnc1CNc1ccccc1OC(F)F. The lowest BCUT2D eigenvalue weighted by Crippen LogP contribution is -2.11. The zero-order chi connectivity index (χ0) is 15.2. The number of hydrogen-bond donors (Lipinski definition) is 2. The Balaban J connectivity index is 2.15. The van der Waals surface area contributed by atoms with E-state index in [9.17, 15) is 13.6 Å². The van der Waals surface area contributed by atoms with Crippen molar-refractivity contribution in [1.29, 1.82) is 0 Å². The van der Waals surface area contributed by atoms with Gasteiger partial charge < -0.3 is 15.2 Å². The third-order valence-corrected chi connectivity index (χ3v) is 2.57. The minimum absolute atomic E-state index is 0.0292. The molecule has 1 aromatic carbocycles. The molecule has 0 aliphatic heterocycles. The topological polar surface area (TPSA) is 84.3 Å². The molecule has 0 fully saturated rings. The first-order valence-corrected chi connectivity index (χ1v) is 5.88. The normalized spacial score (nSPS) is 10.4. The van der Waals surface area contributed by atoms with Crippen molar-refractivity contribution in [2.45, 2.75) is 13.2 Å².